The van der Waals surface area contributed by atoms with Crippen molar-refractivity contribution in [2.45, 2.75) is 44.3 Å². The van der Waals surface area contributed by atoms with Crippen LogP contribution in [0.25, 0.3) is 11.1 Å². The second kappa shape index (κ2) is 11.0. The normalized spacial score (nSPS) is 19.0. The molecule has 2 aromatic rings. The maximum Gasteiger partial charge on any atom is 0.229 e. The molecule has 0 spiro atoms. The Labute approximate surface area is 186 Å². The molecular weight excluding hydrogens is 422 g/mol. The van der Waals surface area contributed by atoms with E-state index < -0.39 is 10.0 Å². The molecule has 6 nitrogen and oxygen atoms in total. The van der Waals surface area contributed by atoms with Crippen molar-refractivity contribution in [2.24, 2.45) is 0 Å². The number of halogens is 1. The lowest BCUT2D eigenvalue weighted by Crippen LogP contribution is -2.38. The van der Waals surface area contributed by atoms with Gasteiger partial charge in [0.25, 0.3) is 0 Å². The summed E-state index contributed by atoms with van der Waals surface area (Å²) >= 11 is 0. The molecule has 0 unspecified atom stereocenters. The number of rotatable bonds is 8. The van der Waals surface area contributed by atoms with Gasteiger partial charge in [0.1, 0.15) is 5.75 Å². The van der Waals surface area contributed by atoms with Gasteiger partial charge in [-0.2, -0.15) is 0 Å². The first-order chi connectivity index (χ1) is 13.9. The molecule has 0 heterocycles. The molecule has 0 bridgehead atoms. The molecule has 0 saturated heterocycles. The van der Waals surface area contributed by atoms with E-state index in [0.717, 1.165) is 35.2 Å². The van der Waals surface area contributed by atoms with Crippen LogP contribution >= 0.6 is 12.4 Å². The van der Waals surface area contributed by atoms with E-state index >= 15 is 0 Å². The summed E-state index contributed by atoms with van der Waals surface area (Å²) in [7, 11) is 0.464. The van der Waals surface area contributed by atoms with Gasteiger partial charge in [0.15, 0.2) is 0 Å². The van der Waals surface area contributed by atoms with Crippen molar-refractivity contribution in [3.8, 4) is 16.9 Å². The number of hydrogen-bond donors (Lipinski definition) is 3. The van der Waals surface area contributed by atoms with Gasteiger partial charge in [0, 0.05) is 29.9 Å². The molecule has 1 saturated carbocycles. The van der Waals surface area contributed by atoms with Crippen LogP contribution in [0.3, 0.4) is 0 Å². The first-order valence-corrected chi connectivity index (χ1v) is 11.9. The van der Waals surface area contributed by atoms with Gasteiger partial charge >= 0.3 is 0 Å². The summed E-state index contributed by atoms with van der Waals surface area (Å²) in [6.07, 6.45) is 5.93. The lowest BCUT2D eigenvalue weighted by Gasteiger charge is -2.29. The summed E-state index contributed by atoms with van der Waals surface area (Å²) in [6, 6.07) is 14.7. The quantitative estimate of drug-likeness (QED) is 0.567. The van der Waals surface area contributed by atoms with E-state index in [1.807, 2.05) is 31.3 Å². The lowest BCUT2D eigenvalue weighted by atomic mass is 9.91. The summed E-state index contributed by atoms with van der Waals surface area (Å²) in [6.45, 7) is 0.764. The fraction of sp³-hybridized carbons (Fsp3) is 0.455. The minimum atomic E-state index is -3.27. The number of sulfonamides is 1. The smallest absolute Gasteiger partial charge is 0.229 e. The van der Waals surface area contributed by atoms with Crippen LogP contribution in [0, 0.1) is 0 Å². The summed E-state index contributed by atoms with van der Waals surface area (Å²) < 4.78 is 30.8. The van der Waals surface area contributed by atoms with Crippen molar-refractivity contribution in [1.82, 2.24) is 10.6 Å². The number of hydrogen-bond acceptors (Lipinski definition) is 5. The Morgan fingerprint density at radius 2 is 1.57 bits per heavy atom. The minimum absolute atomic E-state index is 0. The van der Waals surface area contributed by atoms with Crippen molar-refractivity contribution in [3.63, 3.8) is 0 Å². The minimum Gasteiger partial charge on any atom is -0.496 e. The Morgan fingerprint density at radius 3 is 2.13 bits per heavy atom. The average Bonchev–Trinajstić information content (AvgIpc) is 2.72. The zero-order valence-corrected chi connectivity index (χ0v) is 19.4. The molecule has 0 amide bonds. The molecule has 0 aliphatic heterocycles. The Morgan fingerprint density at radius 1 is 0.967 bits per heavy atom. The maximum absolute atomic E-state index is 11.4. The fourth-order valence-electron chi connectivity index (χ4n) is 3.88. The van der Waals surface area contributed by atoms with Gasteiger partial charge < -0.3 is 15.4 Å². The van der Waals surface area contributed by atoms with Gasteiger partial charge in [-0.15, -0.1) is 12.4 Å². The third-order valence-electron chi connectivity index (χ3n) is 5.52. The van der Waals surface area contributed by atoms with Gasteiger partial charge in [-0.05, 0) is 68.1 Å². The first kappa shape index (κ1) is 24.5. The Hall–Kier alpha value is -1.80. The number of nitrogens with one attached hydrogen (secondary N) is 3. The highest BCUT2D eigenvalue weighted by Gasteiger charge is 2.19. The van der Waals surface area contributed by atoms with Crippen molar-refractivity contribution < 1.29 is 13.2 Å². The van der Waals surface area contributed by atoms with Crippen molar-refractivity contribution >= 4 is 28.1 Å². The van der Waals surface area contributed by atoms with Crippen LogP contribution < -0.4 is 20.1 Å². The number of anilines is 1. The summed E-state index contributed by atoms with van der Waals surface area (Å²) in [5, 5.41) is 7.06. The first-order valence-electron chi connectivity index (χ1n) is 10.0. The second-order valence-corrected chi connectivity index (χ2v) is 9.44. The molecule has 1 fully saturated rings. The van der Waals surface area contributed by atoms with Crippen molar-refractivity contribution in [2.75, 3.05) is 25.1 Å². The molecule has 8 heteroatoms. The largest absolute Gasteiger partial charge is 0.496 e. The average molecular weight is 454 g/mol. The third kappa shape index (κ3) is 6.87. The molecule has 0 atom stereocenters. The molecule has 30 heavy (non-hydrogen) atoms. The molecular formula is C22H32ClN3O3S. The van der Waals surface area contributed by atoms with E-state index in [4.69, 9.17) is 4.74 Å². The third-order valence-corrected chi connectivity index (χ3v) is 6.12. The fourth-order valence-corrected chi connectivity index (χ4v) is 4.45. The van der Waals surface area contributed by atoms with Crippen LogP contribution in [0.15, 0.2) is 42.5 Å². The monoisotopic (exact) mass is 453 g/mol. The van der Waals surface area contributed by atoms with Crippen LogP contribution in [0.2, 0.25) is 0 Å². The van der Waals surface area contributed by atoms with Gasteiger partial charge in [-0.25, -0.2) is 8.42 Å². The van der Waals surface area contributed by atoms with Crippen molar-refractivity contribution in [3.05, 3.63) is 48.0 Å². The highest BCUT2D eigenvalue weighted by atomic mass is 35.5. The predicted octanol–water partition coefficient (Wildman–Crippen LogP) is 3.78. The van der Waals surface area contributed by atoms with Gasteiger partial charge in [0.05, 0.1) is 13.4 Å². The topological polar surface area (TPSA) is 79.5 Å². The summed E-state index contributed by atoms with van der Waals surface area (Å²) in [4.78, 5) is 0. The zero-order chi connectivity index (χ0) is 20.9. The van der Waals surface area contributed by atoms with E-state index in [1.54, 1.807) is 19.2 Å². The molecule has 1 aliphatic rings. The Balaban J connectivity index is 0.00000320. The van der Waals surface area contributed by atoms with Crippen LogP contribution in [-0.4, -0.2) is 40.9 Å². The van der Waals surface area contributed by atoms with E-state index in [2.05, 4.69) is 21.4 Å². The van der Waals surface area contributed by atoms with E-state index in [0.29, 0.717) is 17.8 Å². The van der Waals surface area contributed by atoms with E-state index in [9.17, 15) is 8.42 Å². The van der Waals surface area contributed by atoms with E-state index in [1.165, 1.54) is 25.7 Å². The highest BCUT2D eigenvalue weighted by Crippen LogP contribution is 2.28. The maximum atomic E-state index is 11.4. The Kier molecular flexibility index (Phi) is 8.97. The number of methoxy groups -OCH3 is 1. The lowest BCUT2D eigenvalue weighted by molar-refractivity contribution is 0.315. The van der Waals surface area contributed by atoms with E-state index in [-0.39, 0.29) is 12.4 Å². The van der Waals surface area contributed by atoms with Crippen LogP contribution in [0.5, 0.6) is 5.75 Å². The summed E-state index contributed by atoms with van der Waals surface area (Å²) in [5.74, 6) is 0.875. The number of ether oxygens (including phenoxy) is 1. The standard InChI is InChI=1S/C22H31N3O3S.ClH/c1-23-19-9-11-20(12-10-19)24-15-18-14-17(6-13-22(18)28-2)16-4-7-21(8-5-16)25-29(3,26)27;/h4-8,13-14,19-20,23-25H,9-12,15H2,1-3H3;1H. The van der Waals surface area contributed by atoms with Gasteiger partial charge in [-0.3, -0.25) is 4.72 Å². The van der Waals surface area contributed by atoms with Crippen LogP contribution in [-0.2, 0) is 16.6 Å². The molecule has 0 aromatic heterocycles. The van der Waals surface area contributed by atoms with Crippen LogP contribution in [0.1, 0.15) is 31.2 Å². The van der Waals surface area contributed by atoms with Crippen LogP contribution in [0.4, 0.5) is 5.69 Å². The van der Waals surface area contributed by atoms with Gasteiger partial charge in [-0.1, -0.05) is 18.2 Å². The number of benzene rings is 2. The Bertz CT molecular complexity index is 912. The molecule has 3 rings (SSSR count). The van der Waals surface area contributed by atoms with Gasteiger partial charge in [0.2, 0.25) is 10.0 Å². The summed E-state index contributed by atoms with van der Waals surface area (Å²) in [5.41, 5.74) is 3.79. The second-order valence-electron chi connectivity index (χ2n) is 7.70. The molecule has 3 N–H and O–H groups in total. The van der Waals surface area contributed by atoms with Crippen molar-refractivity contribution in [1.29, 1.82) is 0 Å². The molecule has 166 valence electrons. The molecule has 0 radical (unpaired) electrons. The highest BCUT2D eigenvalue weighted by molar-refractivity contribution is 7.92. The molecule has 1 aliphatic carbocycles. The molecule has 2 aromatic carbocycles. The SMILES string of the molecule is CNC1CCC(NCc2cc(-c3ccc(NS(C)(=O)=O)cc3)ccc2OC)CC1.Cl. The zero-order valence-electron chi connectivity index (χ0n) is 17.8. The predicted molar refractivity (Wildman–Crippen MR) is 126 cm³/mol.